The molecule has 3 aliphatic heterocycles. The third-order valence-corrected chi connectivity index (χ3v) is 12.2. The Balaban J connectivity index is 1.19. The van der Waals surface area contributed by atoms with Gasteiger partial charge in [0.2, 0.25) is 0 Å². The minimum absolute atomic E-state index is 0.0423. The van der Waals surface area contributed by atoms with Crippen molar-refractivity contribution in [3.05, 3.63) is 11.6 Å². The van der Waals surface area contributed by atoms with Crippen molar-refractivity contribution in [2.24, 2.45) is 28.6 Å². The van der Waals surface area contributed by atoms with E-state index in [2.05, 4.69) is 0 Å². The number of carbonyl (C=O) groups excluding carboxylic acids is 2. The van der Waals surface area contributed by atoms with Gasteiger partial charge in [-0.05, 0) is 56.4 Å². The molecule has 12 heteroatoms. The van der Waals surface area contributed by atoms with Gasteiger partial charge in [0.15, 0.2) is 6.29 Å². The Bertz CT molecular complexity index is 1170. The zero-order valence-electron chi connectivity index (χ0n) is 23.2. The second-order valence-electron chi connectivity index (χ2n) is 13.9. The molecular weight excluding hydrogens is 540 g/mol. The molecule has 6 fully saturated rings. The van der Waals surface area contributed by atoms with Crippen LogP contribution in [0.1, 0.15) is 58.8 Å². The van der Waals surface area contributed by atoms with Crippen LogP contribution in [0.3, 0.4) is 0 Å². The lowest BCUT2D eigenvalue weighted by molar-refractivity contribution is -0.324. The first-order valence-corrected chi connectivity index (χ1v) is 14.8. The van der Waals surface area contributed by atoms with Crippen LogP contribution in [0.15, 0.2) is 11.6 Å². The number of ether oxygens (including phenoxy) is 4. The Kier molecular flexibility index (Phi) is 6.14. The smallest absolute Gasteiger partial charge is 0.331 e. The van der Waals surface area contributed by atoms with E-state index in [-0.39, 0.29) is 31.8 Å². The minimum atomic E-state index is -1.71. The molecule has 4 saturated carbocycles. The maximum atomic E-state index is 13.8. The average Bonchev–Trinajstić information content (AvgIpc) is 3.54. The highest BCUT2D eigenvalue weighted by Crippen LogP contribution is 2.73. The van der Waals surface area contributed by atoms with Gasteiger partial charge in [-0.25, -0.2) is 4.79 Å². The lowest BCUT2D eigenvalue weighted by Crippen LogP contribution is -2.73. The van der Waals surface area contributed by atoms with Gasteiger partial charge in [-0.3, -0.25) is 4.79 Å². The first-order chi connectivity index (χ1) is 19.3. The van der Waals surface area contributed by atoms with E-state index in [1.54, 1.807) is 0 Å². The van der Waals surface area contributed by atoms with Crippen molar-refractivity contribution in [2.45, 2.75) is 119 Å². The molecule has 0 unspecified atom stereocenters. The van der Waals surface area contributed by atoms with Crippen LogP contribution < -0.4 is 0 Å². The molecule has 41 heavy (non-hydrogen) atoms. The van der Waals surface area contributed by atoms with Crippen LogP contribution in [0.4, 0.5) is 0 Å². The normalized spacial score (nSPS) is 57.8. The third kappa shape index (κ3) is 3.44. The largest absolute Gasteiger partial charge is 0.461 e. The summed E-state index contributed by atoms with van der Waals surface area (Å²) in [4.78, 5) is 25.7. The highest BCUT2D eigenvalue weighted by molar-refractivity contribution is 5.85. The van der Waals surface area contributed by atoms with E-state index in [0.717, 1.165) is 5.57 Å². The summed E-state index contributed by atoms with van der Waals surface area (Å²) >= 11 is 0. The summed E-state index contributed by atoms with van der Waals surface area (Å²) in [6.07, 6.45) is -5.91. The number of hydrogen-bond donors (Lipinski definition) is 6. The van der Waals surface area contributed by atoms with Crippen LogP contribution in [-0.2, 0) is 28.5 Å². The molecule has 15 atom stereocenters. The number of hydrogen-bond acceptors (Lipinski definition) is 12. The van der Waals surface area contributed by atoms with Gasteiger partial charge in [0.25, 0.3) is 0 Å². The van der Waals surface area contributed by atoms with E-state index >= 15 is 0 Å². The monoisotopic (exact) mass is 580 g/mol. The van der Waals surface area contributed by atoms with Crippen LogP contribution in [0.2, 0.25) is 0 Å². The van der Waals surface area contributed by atoms with Crippen LogP contribution in [0, 0.1) is 28.6 Å². The van der Waals surface area contributed by atoms with Gasteiger partial charge in [0, 0.05) is 30.3 Å². The number of fused-ring (bicyclic) bond motifs is 2. The average molecular weight is 581 g/mol. The minimum Gasteiger partial charge on any atom is -0.461 e. The second kappa shape index (κ2) is 8.95. The predicted octanol–water partition coefficient (Wildman–Crippen LogP) is -0.943. The summed E-state index contributed by atoms with van der Waals surface area (Å²) in [5, 5.41) is 67.1. The number of aliphatic hydroxyl groups excluding tert-OH is 4. The summed E-state index contributed by atoms with van der Waals surface area (Å²) in [6.45, 7) is 3.71. The predicted molar refractivity (Wildman–Crippen MR) is 135 cm³/mol. The van der Waals surface area contributed by atoms with Gasteiger partial charge >= 0.3 is 11.9 Å². The summed E-state index contributed by atoms with van der Waals surface area (Å²) in [6, 6.07) is 0. The Morgan fingerprint density at radius 1 is 1.00 bits per heavy atom. The molecule has 0 aromatic heterocycles. The molecule has 0 aromatic carbocycles. The van der Waals surface area contributed by atoms with Crippen LogP contribution in [-0.4, -0.2) is 109 Å². The van der Waals surface area contributed by atoms with Gasteiger partial charge in [-0.1, -0.05) is 6.92 Å². The van der Waals surface area contributed by atoms with Crippen molar-refractivity contribution in [2.75, 3.05) is 6.61 Å². The molecule has 2 saturated heterocycles. The zero-order valence-corrected chi connectivity index (χ0v) is 23.2. The van der Waals surface area contributed by atoms with Gasteiger partial charge < -0.3 is 49.6 Å². The number of rotatable bonds is 3. The molecule has 6 N–H and O–H groups in total. The van der Waals surface area contributed by atoms with Crippen molar-refractivity contribution < 1.29 is 59.2 Å². The SMILES string of the molecule is C[C@@H]1O[C@@H](O[C@H]2C[C@H](O)[C@@]34C(=O)O[C@@H]5C[C@]6(C)[C@@H](C7=CC(=O)OC7)CC[C@]6(O)[C@H](CC[C@]3(O)C2)[C@H]54)[C@H](O)[C@H](O)[C@@H]1O. The van der Waals surface area contributed by atoms with E-state index < -0.39 is 94.8 Å². The molecule has 0 radical (unpaired) electrons. The van der Waals surface area contributed by atoms with Gasteiger partial charge in [-0.15, -0.1) is 0 Å². The maximum Gasteiger partial charge on any atom is 0.331 e. The molecule has 1 spiro atoms. The highest BCUT2D eigenvalue weighted by atomic mass is 16.7. The molecular formula is C29H40O12. The van der Waals surface area contributed by atoms with Crippen molar-refractivity contribution in [3.8, 4) is 0 Å². The Labute approximate surface area is 237 Å². The van der Waals surface area contributed by atoms with E-state index in [0.29, 0.717) is 25.7 Å². The van der Waals surface area contributed by atoms with Gasteiger partial charge in [-0.2, -0.15) is 0 Å². The third-order valence-electron chi connectivity index (χ3n) is 12.2. The molecule has 7 rings (SSSR count). The number of cyclic esters (lactones) is 1. The summed E-state index contributed by atoms with van der Waals surface area (Å²) < 4.78 is 22.7. The summed E-state index contributed by atoms with van der Waals surface area (Å²) in [5.74, 6) is -2.23. The Hall–Kier alpha value is -1.64. The van der Waals surface area contributed by atoms with Crippen LogP contribution >= 0.6 is 0 Å². The Morgan fingerprint density at radius 3 is 2.46 bits per heavy atom. The van der Waals surface area contributed by atoms with E-state index in [4.69, 9.17) is 18.9 Å². The lowest BCUT2D eigenvalue weighted by Gasteiger charge is -2.64. The molecule has 0 bridgehead atoms. The number of aliphatic hydroxyl groups is 6. The molecule has 3 heterocycles. The second-order valence-corrected chi connectivity index (χ2v) is 13.9. The van der Waals surface area contributed by atoms with Gasteiger partial charge in [0.05, 0.1) is 29.5 Å². The molecule has 228 valence electrons. The fourth-order valence-corrected chi connectivity index (χ4v) is 10.4. The van der Waals surface area contributed by atoms with Crippen LogP contribution in [0.25, 0.3) is 0 Å². The molecule has 0 amide bonds. The fraction of sp³-hybridized carbons (Fsp3) is 0.862. The first kappa shape index (κ1) is 28.1. The van der Waals surface area contributed by atoms with Crippen molar-refractivity contribution >= 4 is 11.9 Å². The highest BCUT2D eigenvalue weighted by Gasteiger charge is 2.81. The van der Waals surface area contributed by atoms with E-state index in [1.165, 1.54) is 13.0 Å². The number of carbonyl (C=O) groups is 2. The standard InChI is InChI=1S/C29H40O12/c1-12-21(32)22(33)23(34)24(39-12)40-14-8-18(30)29-20-16(3-5-27(29,36)9-14)28(37)6-4-15(13-7-19(31)38-11-13)26(28,2)10-17(20)41-25(29)35/h7,12,14-18,20-24,30,32-34,36-37H,3-6,8-11H2,1-2H3/t12-,14-,15+,16+,17+,18-,20+,21+,22+,23+,24-,26+,27-,28-,29+/m0/s1. The molecule has 12 nitrogen and oxygen atoms in total. The quantitative estimate of drug-likeness (QED) is 0.178. The zero-order chi connectivity index (χ0) is 29.3. The van der Waals surface area contributed by atoms with Crippen molar-refractivity contribution in [1.82, 2.24) is 0 Å². The van der Waals surface area contributed by atoms with Crippen LogP contribution in [0.5, 0.6) is 0 Å². The number of esters is 2. The Morgan fingerprint density at radius 2 is 1.76 bits per heavy atom. The van der Waals surface area contributed by atoms with E-state index in [1.807, 2.05) is 6.92 Å². The van der Waals surface area contributed by atoms with Crippen molar-refractivity contribution in [1.29, 1.82) is 0 Å². The van der Waals surface area contributed by atoms with Gasteiger partial charge in [0.1, 0.15) is 36.4 Å². The fourth-order valence-electron chi connectivity index (χ4n) is 10.4. The van der Waals surface area contributed by atoms with E-state index in [9.17, 15) is 40.2 Å². The molecule has 4 aliphatic carbocycles. The molecule has 0 aromatic rings. The first-order valence-electron chi connectivity index (χ1n) is 14.8. The van der Waals surface area contributed by atoms with Crippen molar-refractivity contribution in [3.63, 3.8) is 0 Å². The summed E-state index contributed by atoms with van der Waals surface area (Å²) in [7, 11) is 0. The maximum absolute atomic E-state index is 13.8. The molecule has 7 aliphatic rings. The topological polar surface area (TPSA) is 192 Å². The summed E-state index contributed by atoms with van der Waals surface area (Å²) in [5.41, 5.74) is -4.41. The lowest BCUT2D eigenvalue weighted by atomic mass is 9.41.